The maximum absolute atomic E-state index is 13.0. The Bertz CT molecular complexity index is 1180. The van der Waals surface area contributed by atoms with E-state index in [1.165, 1.54) is 44.9 Å². The monoisotopic (exact) mass is 869 g/mol. The molecule has 0 aliphatic carbocycles. The molecule has 1 amide bonds. The van der Waals surface area contributed by atoms with Crippen molar-refractivity contribution in [2.24, 2.45) is 0 Å². The fourth-order valence-corrected chi connectivity index (χ4v) is 7.53. The molecule has 3 saturated heterocycles. The predicted molar refractivity (Wildman–Crippen MR) is 213 cm³/mol. The normalized spacial score (nSPS) is 36.0. The van der Waals surface area contributed by atoms with Crippen molar-refractivity contribution in [3.05, 3.63) is 12.2 Å². The van der Waals surface area contributed by atoms with Crippen LogP contribution >= 0.6 is 0 Å². The van der Waals surface area contributed by atoms with E-state index in [2.05, 4.69) is 12.2 Å². The number of amides is 1. The molecule has 0 aromatic carbocycles. The summed E-state index contributed by atoms with van der Waals surface area (Å²) in [7, 11) is 0. The van der Waals surface area contributed by atoms with E-state index in [1.807, 2.05) is 6.92 Å². The molecule has 0 saturated carbocycles. The summed E-state index contributed by atoms with van der Waals surface area (Å²) in [6.45, 7) is 1.47. The minimum atomic E-state index is -1.97. The lowest BCUT2D eigenvalue weighted by molar-refractivity contribution is -0.379. The summed E-state index contributed by atoms with van der Waals surface area (Å²) in [5.41, 5.74) is 0. The van der Waals surface area contributed by atoms with Gasteiger partial charge in [-0.25, -0.2) is 0 Å². The molecule has 352 valence electrons. The molecule has 17 unspecified atom stereocenters. The summed E-state index contributed by atoms with van der Waals surface area (Å²) in [5, 5.41) is 118. The number of unbranched alkanes of at least 4 members (excludes halogenated alkanes) is 12. The van der Waals surface area contributed by atoms with Gasteiger partial charge in [0.2, 0.25) is 5.91 Å². The number of aliphatic hydroxyl groups is 11. The van der Waals surface area contributed by atoms with Gasteiger partial charge < -0.3 is 89.9 Å². The van der Waals surface area contributed by atoms with Gasteiger partial charge in [0.15, 0.2) is 18.9 Å². The van der Waals surface area contributed by atoms with Gasteiger partial charge in [-0.2, -0.15) is 0 Å². The summed E-state index contributed by atoms with van der Waals surface area (Å²) >= 11 is 0. The molecule has 0 aromatic heterocycles. The first-order chi connectivity index (χ1) is 28.8. The van der Waals surface area contributed by atoms with E-state index < -0.39 is 124 Å². The van der Waals surface area contributed by atoms with Crippen LogP contribution in [0.3, 0.4) is 0 Å². The average Bonchev–Trinajstić information content (AvgIpc) is 3.24. The number of rotatable bonds is 28. The SMILES string of the molecule is CCCC/C=C/C(O)C(COC1OC(CO)C(OC2OC(CO)C(OC3OC(CO)C(O)C(O)C3O)C(O)C2O)C(O)C1O)NC(=O)CCCCCCCCCCCCC. The Morgan fingerprint density at radius 3 is 1.55 bits per heavy atom. The molecule has 3 aliphatic rings. The third-order valence-electron chi connectivity index (χ3n) is 11.3. The second-order valence-electron chi connectivity index (χ2n) is 16.2. The van der Waals surface area contributed by atoms with Crippen LogP contribution in [0.2, 0.25) is 0 Å². The van der Waals surface area contributed by atoms with E-state index >= 15 is 0 Å². The molecule has 0 radical (unpaired) electrons. The number of nitrogens with one attached hydrogen (secondary N) is 1. The van der Waals surface area contributed by atoms with Crippen molar-refractivity contribution >= 4 is 5.91 Å². The van der Waals surface area contributed by atoms with E-state index in [0.29, 0.717) is 12.8 Å². The zero-order chi connectivity index (χ0) is 44.2. The molecule has 12 N–H and O–H groups in total. The lowest BCUT2D eigenvalue weighted by atomic mass is 9.96. The van der Waals surface area contributed by atoms with Gasteiger partial charge in [-0.1, -0.05) is 103 Å². The highest BCUT2D eigenvalue weighted by Gasteiger charge is 2.53. The van der Waals surface area contributed by atoms with Crippen LogP contribution in [0, 0.1) is 0 Å². The zero-order valence-corrected chi connectivity index (χ0v) is 35.2. The van der Waals surface area contributed by atoms with Crippen molar-refractivity contribution in [1.82, 2.24) is 5.32 Å². The first-order valence-electron chi connectivity index (χ1n) is 21.9. The second kappa shape index (κ2) is 28.3. The molecule has 0 aromatic rings. The second-order valence-corrected chi connectivity index (χ2v) is 16.2. The Morgan fingerprint density at radius 1 is 0.583 bits per heavy atom. The van der Waals surface area contributed by atoms with Crippen molar-refractivity contribution in [2.45, 2.75) is 214 Å². The molecular formula is C41H75NO18. The maximum Gasteiger partial charge on any atom is 0.220 e. The van der Waals surface area contributed by atoms with E-state index in [-0.39, 0.29) is 18.9 Å². The van der Waals surface area contributed by atoms with Crippen LogP contribution in [0.5, 0.6) is 0 Å². The van der Waals surface area contributed by atoms with E-state index in [0.717, 1.165) is 32.1 Å². The summed E-state index contributed by atoms with van der Waals surface area (Å²) in [6.07, 6.45) is -8.09. The fourth-order valence-electron chi connectivity index (χ4n) is 7.53. The summed E-state index contributed by atoms with van der Waals surface area (Å²) in [5.74, 6) is -0.289. The molecule has 19 heteroatoms. The van der Waals surface area contributed by atoms with Gasteiger partial charge >= 0.3 is 0 Å². The highest BCUT2D eigenvalue weighted by Crippen LogP contribution is 2.33. The van der Waals surface area contributed by atoms with E-state index in [9.17, 15) is 61.0 Å². The van der Waals surface area contributed by atoms with Gasteiger partial charge in [0.25, 0.3) is 0 Å². The van der Waals surface area contributed by atoms with Gasteiger partial charge in [-0.15, -0.1) is 0 Å². The van der Waals surface area contributed by atoms with Crippen LogP contribution in [-0.4, -0.2) is 193 Å². The topological polar surface area (TPSA) is 307 Å². The van der Waals surface area contributed by atoms with Crippen LogP contribution in [0.15, 0.2) is 12.2 Å². The zero-order valence-electron chi connectivity index (χ0n) is 35.2. The van der Waals surface area contributed by atoms with Gasteiger partial charge in [0, 0.05) is 6.42 Å². The molecule has 60 heavy (non-hydrogen) atoms. The molecule has 0 bridgehead atoms. The quantitative estimate of drug-likeness (QED) is 0.0323. The van der Waals surface area contributed by atoms with Crippen LogP contribution in [-0.2, 0) is 33.2 Å². The molecule has 17 atom stereocenters. The third-order valence-corrected chi connectivity index (χ3v) is 11.3. The molecule has 3 aliphatic heterocycles. The number of ether oxygens (including phenoxy) is 6. The van der Waals surface area contributed by atoms with Crippen LogP contribution in [0.1, 0.15) is 110 Å². The predicted octanol–water partition coefficient (Wildman–Crippen LogP) is -1.26. The van der Waals surface area contributed by atoms with Gasteiger partial charge in [0.05, 0.1) is 38.6 Å². The minimum Gasteiger partial charge on any atom is -0.394 e. The minimum absolute atomic E-state index is 0.244. The van der Waals surface area contributed by atoms with E-state index in [1.54, 1.807) is 12.2 Å². The Kier molecular flexibility index (Phi) is 25.0. The third kappa shape index (κ3) is 16.0. The number of carbonyl (C=O) groups is 1. The van der Waals surface area contributed by atoms with Crippen molar-refractivity contribution < 1.29 is 89.4 Å². The number of hydrogen-bond acceptors (Lipinski definition) is 18. The van der Waals surface area contributed by atoms with Crippen LogP contribution < -0.4 is 5.32 Å². The number of allylic oxidation sites excluding steroid dienone is 1. The summed E-state index contributed by atoms with van der Waals surface area (Å²) < 4.78 is 33.8. The van der Waals surface area contributed by atoms with Crippen molar-refractivity contribution in [3.8, 4) is 0 Å². The molecule has 3 fully saturated rings. The molecule has 19 nitrogen and oxygen atoms in total. The van der Waals surface area contributed by atoms with Gasteiger partial charge in [-0.3, -0.25) is 4.79 Å². The summed E-state index contributed by atoms with van der Waals surface area (Å²) in [6, 6.07) is -0.960. The average molecular weight is 870 g/mol. The van der Waals surface area contributed by atoms with Crippen molar-refractivity contribution in [2.75, 3.05) is 26.4 Å². The Morgan fingerprint density at radius 2 is 1.03 bits per heavy atom. The first kappa shape index (κ1) is 52.9. The van der Waals surface area contributed by atoms with Crippen LogP contribution in [0.4, 0.5) is 0 Å². The fraction of sp³-hybridized carbons (Fsp3) is 0.927. The lowest BCUT2D eigenvalue weighted by Gasteiger charge is -2.48. The standard InChI is InChI=1S/C41H75NO18/c1-3-5-7-9-10-11-12-13-14-15-17-19-29(47)42-24(25(46)18-16-8-6-4-2)23-55-39-35(53)32(50)37(27(21-44)57-39)60-41-36(54)33(51)38(28(22-45)58-41)59-40-34(52)31(49)30(48)26(20-43)56-40/h16,18,24-28,30-41,43-46,48-54H,3-15,17,19-23H2,1-2H3,(H,42,47)/b18-16+. The van der Waals surface area contributed by atoms with Crippen LogP contribution in [0.25, 0.3) is 0 Å². The largest absolute Gasteiger partial charge is 0.394 e. The maximum atomic E-state index is 13.0. The van der Waals surface area contributed by atoms with Crippen molar-refractivity contribution in [1.29, 1.82) is 0 Å². The van der Waals surface area contributed by atoms with E-state index in [4.69, 9.17) is 28.4 Å². The van der Waals surface area contributed by atoms with Gasteiger partial charge in [-0.05, 0) is 12.8 Å². The molecular weight excluding hydrogens is 794 g/mol. The number of carbonyl (C=O) groups excluding carboxylic acids is 1. The smallest absolute Gasteiger partial charge is 0.220 e. The molecule has 3 rings (SSSR count). The number of aliphatic hydroxyl groups excluding tert-OH is 11. The Balaban J connectivity index is 1.57. The molecule has 3 heterocycles. The highest BCUT2D eigenvalue weighted by molar-refractivity contribution is 5.76. The lowest BCUT2D eigenvalue weighted by Crippen LogP contribution is -2.66. The molecule has 0 spiro atoms. The number of hydrogen-bond donors (Lipinski definition) is 12. The highest BCUT2D eigenvalue weighted by atomic mass is 16.8. The van der Waals surface area contributed by atoms with Gasteiger partial charge in [0.1, 0.15) is 73.2 Å². The van der Waals surface area contributed by atoms with Crippen molar-refractivity contribution in [3.63, 3.8) is 0 Å². The Hall–Kier alpha value is -1.47. The first-order valence-corrected chi connectivity index (χ1v) is 21.9. The summed E-state index contributed by atoms with van der Waals surface area (Å²) in [4.78, 5) is 13.0. The Labute approximate surface area is 353 Å².